The summed E-state index contributed by atoms with van der Waals surface area (Å²) < 4.78 is 10.7. The monoisotopic (exact) mass is 349 g/mol. The fourth-order valence-electron chi connectivity index (χ4n) is 3.71. The minimum Gasteiger partial charge on any atom is -0.454 e. The van der Waals surface area contributed by atoms with E-state index in [4.69, 9.17) is 9.47 Å². The van der Waals surface area contributed by atoms with Crippen LogP contribution in [0.25, 0.3) is 6.08 Å². The third-order valence-corrected chi connectivity index (χ3v) is 5.03. The molecular formula is C22H23NO3. The first-order valence-corrected chi connectivity index (χ1v) is 9.27. The van der Waals surface area contributed by atoms with Crippen molar-refractivity contribution in [3.63, 3.8) is 0 Å². The van der Waals surface area contributed by atoms with Crippen LogP contribution in [0.3, 0.4) is 0 Å². The smallest absolute Gasteiger partial charge is 0.251 e. The highest BCUT2D eigenvalue weighted by molar-refractivity contribution is 6.04. The highest BCUT2D eigenvalue weighted by atomic mass is 16.7. The lowest BCUT2D eigenvalue weighted by Gasteiger charge is -2.33. The van der Waals surface area contributed by atoms with Crippen molar-refractivity contribution < 1.29 is 14.3 Å². The van der Waals surface area contributed by atoms with Gasteiger partial charge in [-0.25, -0.2) is 0 Å². The molecule has 0 saturated heterocycles. The fourth-order valence-corrected chi connectivity index (χ4v) is 3.71. The summed E-state index contributed by atoms with van der Waals surface area (Å²) in [6.45, 7) is 0.255. The number of hydrogen-bond donors (Lipinski definition) is 0. The fraction of sp³-hybridized carbons (Fsp3) is 0.318. The first-order chi connectivity index (χ1) is 12.8. The quantitative estimate of drug-likeness (QED) is 0.745. The number of fused-ring (bicyclic) bond motifs is 1. The van der Waals surface area contributed by atoms with Crippen LogP contribution < -0.4 is 14.4 Å². The van der Waals surface area contributed by atoms with E-state index in [1.807, 2.05) is 59.5 Å². The maximum Gasteiger partial charge on any atom is 0.251 e. The van der Waals surface area contributed by atoms with Crippen molar-refractivity contribution in [3.8, 4) is 11.5 Å². The number of hydrogen-bond acceptors (Lipinski definition) is 3. The van der Waals surface area contributed by atoms with E-state index in [0.29, 0.717) is 0 Å². The second-order valence-electron chi connectivity index (χ2n) is 6.78. The minimum absolute atomic E-state index is 0.0285. The molecule has 134 valence electrons. The maximum atomic E-state index is 13.0. The summed E-state index contributed by atoms with van der Waals surface area (Å²) >= 11 is 0. The summed E-state index contributed by atoms with van der Waals surface area (Å²) in [5.74, 6) is 1.51. The third-order valence-electron chi connectivity index (χ3n) is 5.03. The van der Waals surface area contributed by atoms with Crippen molar-refractivity contribution in [1.82, 2.24) is 0 Å². The Morgan fingerprint density at radius 3 is 2.54 bits per heavy atom. The van der Waals surface area contributed by atoms with Gasteiger partial charge in [0.2, 0.25) is 6.79 Å². The lowest BCUT2D eigenvalue weighted by molar-refractivity contribution is -0.114. The topological polar surface area (TPSA) is 38.8 Å². The molecule has 26 heavy (non-hydrogen) atoms. The van der Waals surface area contributed by atoms with Gasteiger partial charge >= 0.3 is 0 Å². The highest BCUT2D eigenvalue weighted by Crippen LogP contribution is 2.33. The van der Waals surface area contributed by atoms with Gasteiger partial charge in [0, 0.05) is 17.8 Å². The molecule has 0 radical (unpaired) electrons. The van der Waals surface area contributed by atoms with Crippen molar-refractivity contribution in [3.05, 3.63) is 60.2 Å². The number of ether oxygens (including phenoxy) is 2. The lowest BCUT2D eigenvalue weighted by atomic mass is 9.93. The van der Waals surface area contributed by atoms with Crippen LogP contribution in [0, 0.1) is 0 Å². The Kier molecular flexibility index (Phi) is 4.91. The second-order valence-corrected chi connectivity index (χ2v) is 6.78. The van der Waals surface area contributed by atoms with E-state index in [1.54, 1.807) is 6.08 Å². The Labute approximate surface area is 154 Å². The van der Waals surface area contributed by atoms with Crippen LogP contribution in [0.15, 0.2) is 54.6 Å². The molecule has 4 heteroatoms. The molecule has 0 unspecified atom stereocenters. The van der Waals surface area contributed by atoms with E-state index in [2.05, 4.69) is 0 Å². The molecule has 1 heterocycles. The predicted molar refractivity (Wildman–Crippen MR) is 102 cm³/mol. The van der Waals surface area contributed by atoms with Crippen LogP contribution >= 0.6 is 0 Å². The molecule has 0 atom stereocenters. The Bertz CT molecular complexity index is 794. The third kappa shape index (κ3) is 3.59. The zero-order chi connectivity index (χ0) is 17.8. The first kappa shape index (κ1) is 16.7. The molecule has 2 aromatic rings. The SMILES string of the molecule is O=C(/C=C/c1ccc2c(c1)OCO2)N(c1ccccc1)C1CCCCC1. The molecule has 0 bridgehead atoms. The van der Waals surface area contributed by atoms with E-state index < -0.39 is 0 Å². The molecule has 0 N–H and O–H groups in total. The number of nitrogens with zero attached hydrogens (tertiary/aromatic N) is 1. The van der Waals surface area contributed by atoms with Crippen molar-refractivity contribution in [2.24, 2.45) is 0 Å². The summed E-state index contributed by atoms with van der Waals surface area (Å²) in [5.41, 5.74) is 1.90. The highest BCUT2D eigenvalue weighted by Gasteiger charge is 2.25. The van der Waals surface area contributed by atoms with Gasteiger partial charge in [-0.15, -0.1) is 0 Å². The van der Waals surface area contributed by atoms with Crippen molar-refractivity contribution in [2.45, 2.75) is 38.1 Å². The van der Waals surface area contributed by atoms with Gasteiger partial charge in [0.25, 0.3) is 5.91 Å². The van der Waals surface area contributed by atoms with Gasteiger partial charge in [0.05, 0.1) is 0 Å². The zero-order valence-electron chi connectivity index (χ0n) is 14.8. The Morgan fingerprint density at radius 2 is 1.73 bits per heavy atom. The largest absolute Gasteiger partial charge is 0.454 e. The lowest BCUT2D eigenvalue weighted by Crippen LogP contribution is -2.40. The average molecular weight is 349 g/mol. The Morgan fingerprint density at radius 1 is 0.962 bits per heavy atom. The van der Waals surface area contributed by atoms with Crippen LogP contribution in [0.5, 0.6) is 11.5 Å². The second kappa shape index (κ2) is 7.65. The van der Waals surface area contributed by atoms with Crippen LogP contribution in [-0.2, 0) is 4.79 Å². The first-order valence-electron chi connectivity index (χ1n) is 9.27. The van der Waals surface area contributed by atoms with E-state index in [9.17, 15) is 4.79 Å². The van der Waals surface area contributed by atoms with Gasteiger partial charge in [-0.1, -0.05) is 43.5 Å². The van der Waals surface area contributed by atoms with E-state index >= 15 is 0 Å². The normalized spacial score (nSPS) is 16.8. The van der Waals surface area contributed by atoms with Gasteiger partial charge in [0.15, 0.2) is 11.5 Å². The van der Waals surface area contributed by atoms with Gasteiger partial charge in [-0.3, -0.25) is 4.79 Å². The summed E-state index contributed by atoms with van der Waals surface area (Å²) in [6.07, 6.45) is 9.29. The van der Waals surface area contributed by atoms with Crippen molar-refractivity contribution in [2.75, 3.05) is 11.7 Å². The number of para-hydroxylation sites is 1. The van der Waals surface area contributed by atoms with Crippen LogP contribution in [0.1, 0.15) is 37.7 Å². The standard InChI is InChI=1S/C22H23NO3/c24-22(14-12-17-11-13-20-21(15-17)26-16-25-20)23(18-7-3-1-4-8-18)19-9-5-2-6-10-19/h1,3-4,7-8,11-15,19H,2,5-6,9-10,16H2/b14-12+. The molecule has 1 aliphatic carbocycles. The molecular weight excluding hydrogens is 326 g/mol. The van der Waals surface area contributed by atoms with Crippen LogP contribution in [0.2, 0.25) is 0 Å². The molecule has 2 aromatic carbocycles. The molecule has 4 rings (SSSR count). The van der Waals surface area contributed by atoms with Gasteiger partial charge in [0.1, 0.15) is 0 Å². The Hall–Kier alpha value is -2.75. The summed E-state index contributed by atoms with van der Waals surface area (Å²) in [5, 5.41) is 0. The number of anilines is 1. The van der Waals surface area contributed by atoms with Crippen LogP contribution in [-0.4, -0.2) is 18.7 Å². The molecule has 0 aromatic heterocycles. The molecule has 1 amide bonds. The summed E-state index contributed by atoms with van der Waals surface area (Å²) in [6, 6.07) is 16.0. The van der Waals surface area contributed by atoms with Gasteiger partial charge in [-0.05, 0) is 48.7 Å². The maximum absolute atomic E-state index is 13.0. The van der Waals surface area contributed by atoms with E-state index in [-0.39, 0.29) is 18.7 Å². The van der Waals surface area contributed by atoms with E-state index in [1.165, 1.54) is 19.3 Å². The van der Waals surface area contributed by atoms with Gasteiger partial charge < -0.3 is 14.4 Å². The molecule has 1 saturated carbocycles. The summed E-state index contributed by atoms with van der Waals surface area (Å²) in [4.78, 5) is 15.0. The van der Waals surface area contributed by atoms with Crippen LogP contribution in [0.4, 0.5) is 5.69 Å². The van der Waals surface area contributed by atoms with Crippen molar-refractivity contribution in [1.29, 1.82) is 0 Å². The number of rotatable bonds is 4. The zero-order valence-corrected chi connectivity index (χ0v) is 14.8. The molecule has 1 aliphatic heterocycles. The van der Waals surface area contributed by atoms with Gasteiger partial charge in [-0.2, -0.15) is 0 Å². The van der Waals surface area contributed by atoms with E-state index in [0.717, 1.165) is 35.6 Å². The average Bonchev–Trinajstić information content (AvgIpc) is 3.16. The Balaban J connectivity index is 1.56. The molecule has 1 fully saturated rings. The summed E-state index contributed by atoms with van der Waals surface area (Å²) in [7, 11) is 0. The van der Waals surface area contributed by atoms with Crippen molar-refractivity contribution >= 4 is 17.7 Å². The minimum atomic E-state index is 0.0285. The number of carbonyl (C=O) groups is 1. The molecule has 2 aliphatic rings. The number of benzene rings is 2. The molecule has 0 spiro atoms. The number of carbonyl (C=O) groups excluding carboxylic acids is 1. The number of amides is 1. The predicted octanol–water partition coefficient (Wildman–Crippen LogP) is 4.79. The molecule has 4 nitrogen and oxygen atoms in total.